The molecule has 4 nitrogen and oxygen atoms in total. The van der Waals surface area contributed by atoms with Crippen LogP contribution in [-0.4, -0.2) is 25.0 Å². The first-order valence-corrected chi connectivity index (χ1v) is 8.51. The molecule has 2 aromatic rings. The van der Waals surface area contributed by atoms with Crippen LogP contribution >= 0.6 is 0 Å². The molecule has 0 aliphatic carbocycles. The normalized spacial score (nSPS) is 15.0. The number of carbonyl (C=O) groups excluding carboxylic acids is 1. The van der Waals surface area contributed by atoms with Gasteiger partial charge in [-0.1, -0.05) is 0 Å². The number of nitrogens with zero attached hydrogens (tertiary/aromatic N) is 1. The Morgan fingerprint density at radius 2 is 1.65 bits per heavy atom. The lowest BCUT2D eigenvalue weighted by Gasteiger charge is -2.19. The molecule has 1 fully saturated rings. The van der Waals surface area contributed by atoms with Crippen LogP contribution in [0.25, 0.3) is 0 Å². The average Bonchev–Trinajstić information content (AvgIpc) is 3.17. The minimum absolute atomic E-state index is 0.396. The van der Waals surface area contributed by atoms with Crippen LogP contribution in [0.2, 0.25) is 0 Å². The zero-order valence-electron chi connectivity index (χ0n) is 14.4. The van der Waals surface area contributed by atoms with Crippen LogP contribution in [0.15, 0.2) is 36.4 Å². The van der Waals surface area contributed by atoms with E-state index in [-0.39, 0.29) is 0 Å². The van der Waals surface area contributed by atoms with Crippen molar-refractivity contribution in [1.29, 1.82) is 0 Å². The number of halogens is 3. The number of amides is 1. The standard InChI is InChI=1S/C19H20F3N3O/c1-12(19(26)24-16-9-8-15(20)17(21)18(16)22)23-13-4-6-14(7-5-13)25-10-2-3-11-25/h4-9,12,23H,2-3,10-11H2,1H3,(H,24,26)/t12-/m1/s1. The van der Waals surface area contributed by atoms with Crippen molar-refractivity contribution < 1.29 is 18.0 Å². The predicted octanol–water partition coefficient (Wildman–Crippen LogP) is 4.14. The van der Waals surface area contributed by atoms with E-state index in [1.807, 2.05) is 24.3 Å². The first-order valence-electron chi connectivity index (χ1n) is 8.51. The van der Waals surface area contributed by atoms with Crippen molar-refractivity contribution in [3.63, 3.8) is 0 Å². The maximum Gasteiger partial charge on any atom is 0.246 e. The molecule has 1 aliphatic rings. The smallest absolute Gasteiger partial charge is 0.246 e. The van der Waals surface area contributed by atoms with Gasteiger partial charge in [-0.15, -0.1) is 0 Å². The molecule has 138 valence electrons. The molecule has 1 saturated heterocycles. The molecule has 26 heavy (non-hydrogen) atoms. The first-order chi connectivity index (χ1) is 12.5. The lowest BCUT2D eigenvalue weighted by molar-refractivity contribution is -0.116. The average molecular weight is 363 g/mol. The lowest BCUT2D eigenvalue weighted by atomic mass is 10.2. The van der Waals surface area contributed by atoms with Crippen molar-refractivity contribution >= 4 is 23.0 Å². The van der Waals surface area contributed by atoms with Crippen LogP contribution in [0.4, 0.5) is 30.2 Å². The second-order valence-corrected chi connectivity index (χ2v) is 6.32. The molecule has 2 aromatic carbocycles. The van der Waals surface area contributed by atoms with Crippen LogP contribution in [0.1, 0.15) is 19.8 Å². The summed E-state index contributed by atoms with van der Waals surface area (Å²) in [6, 6.07) is 8.76. The molecule has 3 rings (SSSR count). The lowest BCUT2D eigenvalue weighted by Crippen LogP contribution is -2.32. The predicted molar refractivity (Wildman–Crippen MR) is 95.9 cm³/mol. The quantitative estimate of drug-likeness (QED) is 0.785. The van der Waals surface area contributed by atoms with Gasteiger partial charge in [-0.25, -0.2) is 13.2 Å². The van der Waals surface area contributed by atoms with Gasteiger partial charge in [0.15, 0.2) is 17.5 Å². The molecule has 0 saturated carbocycles. The topological polar surface area (TPSA) is 44.4 Å². The molecular weight excluding hydrogens is 343 g/mol. The highest BCUT2D eigenvalue weighted by Crippen LogP contribution is 2.23. The highest BCUT2D eigenvalue weighted by Gasteiger charge is 2.19. The van der Waals surface area contributed by atoms with Crippen molar-refractivity contribution in [1.82, 2.24) is 0 Å². The van der Waals surface area contributed by atoms with E-state index in [9.17, 15) is 18.0 Å². The Labute approximate surface area is 150 Å². The highest BCUT2D eigenvalue weighted by molar-refractivity contribution is 5.96. The summed E-state index contributed by atoms with van der Waals surface area (Å²) in [6.45, 7) is 3.69. The zero-order valence-corrected chi connectivity index (χ0v) is 14.4. The zero-order chi connectivity index (χ0) is 18.7. The summed E-state index contributed by atoms with van der Waals surface area (Å²) in [7, 11) is 0. The molecule has 1 heterocycles. The molecule has 2 N–H and O–H groups in total. The van der Waals surface area contributed by atoms with E-state index < -0.39 is 35.1 Å². The van der Waals surface area contributed by atoms with E-state index in [2.05, 4.69) is 15.5 Å². The minimum atomic E-state index is -1.61. The Hall–Kier alpha value is -2.70. The van der Waals surface area contributed by atoms with Gasteiger partial charge in [0, 0.05) is 24.5 Å². The van der Waals surface area contributed by atoms with Crippen LogP contribution in [0.5, 0.6) is 0 Å². The van der Waals surface area contributed by atoms with E-state index in [0.717, 1.165) is 36.6 Å². The summed E-state index contributed by atoms with van der Waals surface area (Å²) in [5, 5.41) is 5.27. The summed E-state index contributed by atoms with van der Waals surface area (Å²) < 4.78 is 39.8. The second-order valence-electron chi connectivity index (χ2n) is 6.32. The van der Waals surface area contributed by atoms with Gasteiger partial charge in [0.25, 0.3) is 0 Å². The molecule has 0 bridgehead atoms. The van der Waals surface area contributed by atoms with Crippen molar-refractivity contribution in [3.05, 3.63) is 53.8 Å². The molecule has 0 unspecified atom stereocenters. The fraction of sp³-hybridized carbons (Fsp3) is 0.316. The van der Waals surface area contributed by atoms with Crippen molar-refractivity contribution in [2.45, 2.75) is 25.8 Å². The van der Waals surface area contributed by atoms with Gasteiger partial charge < -0.3 is 15.5 Å². The Morgan fingerprint density at radius 3 is 2.31 bits per heavy atom. The Balaban J connectivity index is 1.61. The van der Waals surface area contributed by atoms with Crippen molar-refractivity contribution in [2.24, 2.45) is 0 Å². The maximum atomic E-state index is 13.7. The molecule has 0 radical (unpaired) electrons. The van der Waals surface area contributed by atoms with Crippen LogP contribution in [0, 0.1) is 17.5 Å². The van der Waals surface area contributed by atoms with Crippen molar-refractivity contribution in [3.8, 4) is 0 Å². The number of anilines is 3. The number of hydrogen-bond acceptors (Lipinski definition) is 3. The van der Waals surface area contributed by atoms with Crippen LogP contribution in [-0.2, 0) is 4.79 Å². The van der Waals surface area contributed by atoms with Gasteiger partial charge in [-0.05, 0) is 56.2 Å². The van der Waals surface area contributed by atoms with Gasteiger partial charge in [0.05, 0.1) is 5.69 Å². The van der Waals surface area contributed by atoms with E-state index in [4.69, 9.17) is 0 Å². The van der Waals surface area contributed by atoms with E-state index in [0.29, 0.717) is 0 Å². The van der Waals surface area contributed by atoms with E-state index in [1.54, 1.807) is 6.92 Å². The highest BCUT2D eigenvalue weighted by atomic mass is 19.2. The van der Waals surface area contributed by atoms with Crippen LogP contribution in [0.3, 0.4) is 0 Å². The second kappa shape index (κ2) is 7.68. The molecule has 1 amide bonds. The first kappa shape index (κ1) is 18.1. The Kier molecular flexibility index (Phi) is 5.35. The number of benzene rings is 2. The third kappa shape index (κ3) is 3.92. The van der Waals surface area contributed by atoms with Gasteiger partial charge >= 0.3 is 0 Å². The van der Waals surface area contributed by atoms with Gasteiger partial charge in [-0.2, -0.15) is 0 Å². The Morgan fingerprint density at radius 1 is 1.00 bits per heavy atom. The summed E-state index contributed by atoms with van der Waals surface area (Å²) in [5.41, 5.74) is 1.47. The van der Waals surface area contributed by atoms with E-state index >= 15 is 0 Å². The van der Waals surface area contributed by atoms with Gasteiger partial charge in [-0.3, -0.25) is 4.79 Å². The number of hydrogen-bond donors (Lipinski definition) is 2. The van der Waals surface area contributed by atoms with Gasteiger partial charge in [0.2, 0.25) is 5.91 Å². The number of carbonyl (C=O) groups is 1. The van der Waals surface area contributed by atoms with Crippen LogP contribution < -0.4 is 15.5 Å². The molecule has 0 aromatic heterocycles. The molecule has 0 spiro atoms. The number of nitrogens with one attached hydrogen (secondary N) is 2. The largest absolute Gasteiger partial charge is 0.374 e. The summed E-state index contributed by atoms with van der Waals surface area (Å²) in [6.07, 6.45) is 2.38. The SMILES string of the molecule is C[C@@H](Nc1ccc(N2CCCC2)cc1)C(=O)Nc1ccc(F)c(F)c1F. The molecule has 1 aliphatic heterocycles. The third-order valence-electron chi connectivity index (χ3n) is 4.41. The minimum Gasteiger partial charge on any atom is -0.374 e. The van der Waals surface area contributed by atoms with E-state index in [1.165, 1.54) is 12.8 Å². The van der Waals surface area contributed by atoms with Crippen molar-refractivity contribution in [2.75, 3.05) is 28.6 Å². The maximum absolute atomic E-state index is 13.7. The molecule has 1 atom stereocenters. The monoisotopic (exact) mass is 363 g/mol. The molecule has 7 heteroatoms. The third-order valence-corrected chi connectivity index (χ3v) is 4.41. The summed E-state index contributed by atoms with van der Waals surface area (Å²) in [4.78, 5) is 14.5. The summed E-state index contributed by atoms with van der Waals surface area (Å²) >= 11 is 0. The fourth-order valence-electron chi connectivity index (χ4n) is 2.92. The molecular formula is C19H20F3N3O. The summed E-state index contributed by atoms with van der Waals surface area (Å²) in [5.74, 6) is -4.88. The van der Waals surface area contributed by atoms with Gasteiger partial charge in [0.1, 0.15) is 6.04 Å². The number of rotatable bonds is 5. The fourth-order valence-corrected chi connectivity index (χ4v) is 2.92. The Bertz CT molecular complexity index is 789.